The maximum atomic E-state index is 5.26. The smallest absolute Gasteiger partial charge is 0.0808 e. The molecule has 0 fully saturated rings. The highest BCUT2D eigenvalue weighted by molar-refractivity contribution is 5.03. The van der Waals surface area contributed by atoms with E-state index >= 15 is 0 Å². The number of methoxy groups -OCH3 is 2. The Labute approximate surface area is 85.1 Å². The molecule has 0 radical (unpaired) electrons. The van der Waals surface area contributed by atoms with E-state index in [0.717, 1.165) is 18.5 Å². The lowest BCUT2D eigenvalue weighted by Crippen LogP contribution is -2.18. The van der Waals surface area contributed by atoms with Crippen LogP contribution in [-0.2, 0) is 15.9 Å². The van der Waals surface area contributed by atoms with Gasteiger partial charge in [0.1, 0.15) is 0 Å². The van der Waals surface area contributed by atoms with Crippen LogP contribution in [0, 0.1) is 0 Å². The minimum Gasteiger partial charge on any atom is -0.382 e. The first-order chi connectivity index (χ1) is 6.86. The van der Waals surface area contributed by atoms with Gasteiger partial charge in [-0.3, -0.25) is 4.98 Å². The Balaban J connectivity index is 2.32. The summed E-state index contributed by atoms with van der Waals surface area (Å²) in [6.07, 6.45) is 3.86. The fraction of sp³-hybridized carbons (Fsp3) is 0.545. The van der Waals surface area contributed by atoms with E-state index in [1.165, 1.54) is 0 Å². The number of pyridine rings is 1. The van der Waals surface area contributed by atoms with Crippen LogP contribution in [0.4, 0.5) is 0 Å². The van der Waals surface area contributed by atoms with E-state index in [2.05, 4.69) is 4.98 Å². The van der Waals surface area contributed by atoms with E-state index in [9.17, 15) is 0 Å². The van der Waals surface area contributed by atoms with Crippen LogP contribution in [-0.4, -0.2) is 31.9 Å². The molecule has 0 N–H and O–H groups in total. The molecule has 0 spiro atoms. The topological polar surface area (TPSA) is 31.4 Å². The number of rotatable bonds is 6. The second kappa shape index (κ2) is 6.51. The summed E-state index contributed by atoms with van der Waals surface area (Å²) in [6, 6.07) is 5.95. The minimum atomic E-state index is 0.169. The molecule has 1 atom stereocenters. The molecule has 0 saturated carbocycles. The second-order valence-electron chi connectivity index (χ2n) is 3.17. The average Bonchev–Trinajstić information content (AvgIpc) is 2.25. The molecule has 0 saturated heterocycles. The summed E-state index contributed by atoms with van der Waals surface area (Å²) in [4.78, 5) is 4.25. The predicted molar refractivity (Wildman–Crippen MR) is 55.2 cm³/mol. The van der Waals surface area contributed by atoms with E-state index in [-0.39, 0.29) is 6.10 Å². The molecule has 1 unspecified atom stereocenters. The molecule has 78 valence electrons. The van der Waals surface area contributed by atoms with Crippen molar-refractivity contribution in [1.29, 1.82) is 0 Å². The van der Waals surface area contributed by atoms with Crippen LogP contribution in [0.5, 0.6) is 0 Å². The van der Waals surface area contributed by atoms with E-state index < -0.39 is 0 Å². The van der Waals surface area contributed by atoms with Crippen molar-refractivity contribution in [2.24, 2.45) is 0 Å². The summed E-state index contributed by atoms with van der Waals surface area (Å²) in [7, 11) is 3.40. The largest absolute Gasteiger partial charge is 0.382 e. The lowest BCUT2D eigenvalue weighted by Gasteiger charge is -2.13. The minimum absolute atomic E-state index is 0.169. The maximum absolute atomic E-state index is 5.26. The Hall–Kier alpha value is -0.930. The zero-order valence-corrected chi connectivity index (χ0v) is 8.77. The van der Waals surface area contributed by atoms with Gasteiger partial charge in [-0.1, -0.05) is 6.07 Å². The molecule has 1 heterocycles. The molecule has 1 rings (SSSR count). The zero-order valence-electron chi connectivity index (χ0n) is 8.77. The van der Waals surface area contributed by atoms with Crippen molar-refractivity contribution >= 4 is 0 Å². The molecule has 0 bridgehead atoms. The van der Waals surface area contributed by atoms with Crippen molar-refractivity contribution in [1.82, 2.24) is 4.98 Å². The lowest BCUT2D eigenvalue weighted by atomic mass is 10.1. The van der Waals surface area contributed by atoms with E-state index in [0.29, 0.717) is 6.61 Å². The van der Waals surface area contributed by atoms with Crippen molar-refractivity contribution in [2.45, 2.75) is 18.9 Å². The Morgan fingerprint density at radius 1 is 1.36 bits per heavy atom. The highest BCUT2D eigenvalue weighted by atomic mass is 16.5. The third-order valence-corrected chi connectivity index (χ3v) is 2.13. The van der Waals surface area contributed by atoms with Gasteiger partial charge in [-0.25, -0.2) is 0 Å². The quantitative estimate of drug-likeness (QED) is 0.692. The molecule has 0 aromatic carbocycles. The van der Waals surface area contributed by atoms with E-state index in [1.54, 1.807) is 14.2 Å². The molecule has 3 heteroatoms. The van der Waals surface area contributed by atoms with Crippen LogP contribution >= 0.6 is 0 Å². The first-order valence-corrected chi connectivity index (χ1v) is 4.78. The summed E-state index contributed by atoms with van der Waals surface area (Å²) in [6.45, 7) is 0.642. The highest BCUT2D eigenvalue weighted by Crippen LogP contribution is 2.04. The summed E-state index contributed by atoms with van der Waals surface area (Å²) >= 11 is 0. The maximum Gasteiger partial charge on any atom is 0.0808 e. The van der Waals surface area contributed by atoms with Gasteiger partial charge in [0.15, 0.2) is 0 Å². The van der Waals surface area contributed by atoms with Crippen molar-refractivity contribution in [3.8, 4) is 0 Å². The van der Waals surface area contributed by atoms with E-state index in [1.807, 2.05) is 24.4 Å². The van der Waals surface area contributed by atoms with Crippen molar-refractivity contribution in [3.05, 3.63) is 30.1 Å². The summed E-state index contributed by atoms with van der Waals surface area (Å²) in [5.74, 6) is 0. The SMILES string of the molecule is COCC(CCc1ccccn1)OC. The van der Waals surface area contributed by atoms with Crippen LogP contribution in [0.1, 0.15) is 12.1 Å². The van der Waals surface area contributed by atoms with Gasteiger partial charge in [0, 0.05) is 26.1 Å². The van der Waals surface area contributed by atoms with Crippen LogP contribution in [0.15, 0.2) is 24.4 Å². The van der Waals surface area contributed by atoms with Gasteiger partial charge in [0.25, 0.3) is 0 Å². The van der Waals surface area contributed by atoms with Crippen molar-refractivity contribution in [3.63, 3.8) is 0 Å². The van der Waals surface area contributed by atoms with Gasteiger partial charge in [0.05, 0.1) is 12.7 Å². The fourth-order valence-corrected chi connectivity index (χ4v) is 1.31. The molecule has 0 aliphatic heterocycles. The zero-order chi connectivity index (χ0) is 10.2. The molecule has 3 nitrogen and oxygen atoms in total. The molecular formula is C11H17NO2. The number of aromatic nitrogens is 1. The summed E-state index contributed by atoms with van der Waals surface area (Å²) < 4.78 is 10.3. The normalized spacial score (nSPS) is 12.7. The van der Waals surface area contributed by atoms with E-state index in [4.69, 9.17) is 9.47 Å². The monoisotopic (exact) mass is 195 g/mol. The molecule has 0 aliphatic carbocycles. The van der Waals surface area contributed by atoms with Crippen LogP contribution in [0.2, 0.25) is 0 Å². The number of hydrogen-bond donors (Lipinski definition) is 0. The van der Waals surface area contributed by atoms with Gasteiger partial charge in [0.2, 0.25) is 0 Å². The van der Waals surface area contributed by atoms with Gasteiger partial charge >= 0.3 is 0 Å². The van der Waals surface area contributed by atoms with Gasteiger partial charge < -0.3 is 9.47 Å². The third kappa shape index (κ3) is 3.85. The third-order valence-electron chi connectivity index (χ3n) is 2.13. The molecule has 0 aliphatic rings. The molecular weight excluding hydrogens is 178 g/mol. The van der Waals surface area contributed by atoms with Crippen LogP contribution in [0.3, 0.4) is 0 Å². The number of ether oxygens (including phenoxy) is 2. The van der Waals surface area contributed by atoms with Crippen molar-refractivity contribution in [2.75, 3.05) is 20.8 Å². The number of aryl methyl sites for hydroxylation is 1. The Morgan fingerprint density at radius 2 is 2.21 bits per heavy atom. The fourth-order valence-electron chi connectivity index (χ4n) is 1.31. The number of hydrogen-bond acceptors (Lipinski definition) is 3. The highest BCUT2D eigenvalue weighted by Gasteiger charge is 2.06. The van der Waals surface area contributed by atoms with Gasteiger partial charge in [-0.15, -0.1) is 0 Å². The molecule has 1 aromatic heterocycles. The number of nitrogens with zero attached hydrogens (tertiary/aromatic N) is 1. The average molecular weight is 195 g/mol. The van der Waals surface area contributed by atoms with Crippen molar-refractivity contribution < 1.29 is 9.47 Å². The second-order valence-corrected chi connectivity index (χ2v) is 3.17. The lowest BCUT2D eigenvalue weighted by molar-refractivity contribution is 0.0236. The van der Waals surface area contributed by atoms with Crippen LogP contribution in [0.25, 0.3) is 0 Å². The Kier molecular flexibility index (Phi) is 5.19. The summed E-state index contributed by atoms with van der Waals surface area (Å²) in [5.41, 5.74) is 1.10. The van der Waals surface area contributed by atoms with Gasteiger partial charge in [-0.05, 0) is 25.0 Å². The summed E-state index contributed by atoms with van der Waals surface area (Å²) in [5, 5.41) is 0. The molecule has 14 heavy (non-hydrogen) atoms. The first-order valence-electron chi connectivity index (χ1n) is 4.78. The Bertz CT molecular complexity index is 238. The molecule has 1 aromatic rings. The first kappa shape index (κ1) is 11.1. The van der Waals surface area contributed by atoms with Gasteiger partial charge in [-0.2, -0.15) is 0 Å². The molecule has 0 amide bonds. The standard InChI is InChI=1S/C11H17NO2/c1-13-9-11(14-2)7-6-10-5-3-4-8-12-10/h3-5,8,11H,6-7,9H2,1-2H3. The van der Waals surface area contributed by atoms with Crippen LogP contribution < -0.4 is 0 Å². The predicted octanol–water partition coefficient (Wildman–Crippen LogP) is 1.68. The Morgan fingerprint density at radius 3 is 2.79 bits per heavy atom.